The molecule has 1 heterocycles. The van der Waals surface area contributed by atoms with Crippen molar-refractivity contribution in [2.45, 2.75) is 25.7 Å². The van der Waals surface area contributed by atoms with Crippen molar-refractivity contribution in [3.8, 4) is 0 Å². The Hall–Kier alpha value is -0.0500. The van der Waals surface area contributed by atoms with Gasteiger partial charge in [-0.1, -0.05) is 12.8 Å². The maximum atomic E-state index is 11.2. The fourth-order valence-electron chi connectivity index (χ4n) is 2.44. The lowest BCUT2D eigenvalue weighted by molar-refractivity contribution is 0.299. The Kier molecular flexibility index (Phi) is 1.71. The molecule has 11 heavy (non-hydrogen) atoms. The van der Waals surface area contributed by atoms with E-state index < -0.39 is 9.84 Å². The molecule has 1 saturated carbocycles. The fraction of sp³-hybridized carbons (Fsp3) is 1.00. The van der Waals surface area contributed by atoms with E-state index in [0.717, 1.165) is 12.8 Å². The molecule has 0 N–H and O–H groups in total. The third-order valence-corrected chi connectivity index (χ3v) is 4.87. The molecule has 2 fully saturated rings. The molecular formula is C8H14O2S. The molecule has 1 aliphatic carbocycles. The van der Waals surface area contributed by atoms with Gasteiger partial charge in [0.05, 0.1) is 11.5 Å². The fourth-order valence-corrected chi connectivity index (χ4v) is 4.76. The van der Waals surface area contributed by atoms with Gasteiger partial charge in [-0.15, -0.1) is 0 Å². The van der Waals surface area contributed by atoms with E-state index in [1.54, 1.807) is 0 Å². The summed E-state index contributed by atoms with van der Waals surface area (Å²) in [6, 6.07) is 0. The number of hydrogen-bond donors (Lipinski definition) is 0. The van der Waals surface area contributed by atoms with E-state index in [1.807, 2.05) is 0 Å². The summed E-state index contributed by atoms with van der Waals surface area (Å²) in [6.07, 6.45) is 4.81. The topological polar surface area (TPSA) is 34.1 Å². The molecule has 0 bridgehead atoms. The Morgan fingerprint density at radius 3 is 1.82 bits per heavy atom. The summed E-state index contributed by atoms with van der Waals surface area (Å²) in [5, 5.41) is 0. The normalized spacial score (nSPS) is 41.8. The second-order valence-corrected chi connectivity index (χ2v) is 6.04. The van der Waals surface area contributed by atoms with Gasteiger partial charge in [0.1, 0.15) is 0 Å². The lowest BCUT2D eigenvalue weighted by Gasteiger charge is -2.22. The van der Waals surface area contributed by atoms with Crippen LogP contribution < -0.4 is 0 Å². The Morgan fingerprint density at radius 2 is 1.36 bits per heavy atom. The van der Waals surface area contributed by atoms with Crippen LogP contribution in [0.15, 0.2) is 0 Å². The van der Waals surface area contributed by atoms with Crippen LogP contribution in [0.3, 0.4) is 0 Å². The van der Waals surface area contributed by atoms with Crippen LogP contribution in [0.5, 0.6) is 0 Å². The Labute approximate surface area is 67.9 Å². The lowest BCUT2D eigenvalue weighted by Crippen LogP contribution is -2.16. The van der Waals surface area contributed by atoms with E-state index in [9.17, 15) is 8.42 Å². The molecule has 2 aliphatic rings. The summed E-state index contributed by atoms with van der Waals surface area (Å²) >= 11 is 0. The van der Waals surface area contributed by atoms with Crippen molar-refractivity contribution in [1.82, 2.24) is 0 Å². The molecule has 0 amide bonds. The second kappa shape index (κ2) is 2.47. The van der Waals surface area contributed by atoms with Crippen LogP contribution in [0.1, 0.15) is 25.7 Å². The number of hydrogen-bond acceptors (Lipinski definition) is 2. The number of fused-ring (bicyclic) bond motifs is 1. The first-order valence-corrected chi connectivity index (χ1v) is 6.20. The minimum atomic E-state index is -2.63. The second-order valence-electron chi connectivity index (χ2n) is 3.88. The van der Waals surface area contributed by atoms with E-state index in [0.29, 0.717) is 23.3 Å². The quantitative estimate of drug-likeness (QED) is 0.553. The van der Waals surface area contributed by atoms with Gasteiger partial charge in [0.2, 0.25) is 0 Å². The minimum absolute atomic E-state index is 0.484. The van der Waals surface area contributed by atoms with E-state index in [1.165, 1.54) is 12.8 Å². The van der Waals surface area contributed by atoms with Crippen molar-refractivity contribution in [3.63, 3.8) is 0 Å². The molecule has 64 valence electrons. The van der Waals surface area contributed by atoms with Gasteiger partial charge in [-0.25, -0.2) is 8.42 Å². The molecular weight excluding hydrogens is 160 g/mol. The number of sulfone groups is 1. The van der Waals surface area contributed by atoms with Gasteiger partial charge in [-0.05, 0) is 24.7 Å². The first-order chi connectivity index (χ1) is 5.17. The average molecular weight is 174 g/mol. The van der Waals surface area contributed by atoms with Crippen molar-refractivity contribution >= 4 is 9.84 Å². The first-order valence-electron chi connectivity index (χ1n) is 4.38. The van der Waals surface area contributed by atoms with Crippen LogP contribution >= 0.6 is 0 Å². The monoisotopic (exact) mass is 174 g/mol. The van der Waals surface area contributed by atoms with Crippen LogP contribution in [-0.2, 0) is 9.84 Å². The maximum absolute atomic E-state index is 11.2. The summed E-state index contributed by atoms with van der Waals surface area (Å²) in [5.74, 6) is 2.01. The van der Waals surface area contributed by atoms with Crippen molar-refractivity contribution in [3.05, 3.63) is 0 Å². The van der Waals surface area contributed by atoms with Gasteiger partial charge >= 0.3 is 0 Å². The highest BCUT2D eigenvalue weighted by Crippen LogP contribution is 2.37. The first kappa shape index (κ1) is 7.59. The molecule has 0 aromatic rings. The van der Waals surface area contributed by atoms with Gasteiger partial charge in [0.25, 0.3) is 0 Å². The molecule has 2 nitrogen and oxygen atoms in total. The highest BCUT2D eigenvalue weighted by atomic mass is 32.2. The van der Waals surface area contributed by atoms with Crippen LogP contribution in [0.2, 0.25) is 0 Å². The minimum Gasteiger partial charge on any atom is -0.229 e. The van der Waals surface area contributed by atoms with Gasteiger partial charge in [-0.3, -0.25) is 0 Å². The predicted octanol–water partition coefficient (Wildman–Crippen LogP) is 1.22. The standard InChI is InChI=1S/C8H14O2S/c9-11(10)5-7-3-1-2-4-8(7)6-11/h7-8H,1-6H2/t7-,8+. The van der Waals surface area contributed by atoms with Gasteiger partial charge in [0, 0.05) is 0 Å². The van der Waals surface area contributed by atoms with Crippen LogP contribution in [-0.4, -0.2) is 19.9 Å². The van der Waals surface area contributed by atoms with Gasteiger partial charge in [-0.2, -0.15) is 0 Å². The summed E-state index contributed by atoms with van der Waals surface area (Å²) in [6.45, 7) is 0. The van der Waals surface area contributed by atoms with Gasteiger partial charge in [0.15, 0.2) is 9.84 Å². The molecule has 0 radical (unpaired) electrons. The van der Waals surface area contributed by atoms with Crippen LogP contribution in [0, 0.1) is 11.8 Å². The molecule has 2 atom stereocenters. The largest absolute Gasteiger partial charge is 0.229 e. The Morgan fingerprint density at radius 1 is 0.909 bits per heavy atom. The van der Waals surface area contributed by atoms with Crippen LogP contribution in [0.25, 0.3) is 0 Å². The molecule has 1 saturated heterocycles. The van der Waals surface area contributed by atoms with Crippen molar-refractivity contribution in [1.29, 1.82) is 0 Å². The highest BCUT2D eigenvalue weighted by molar-refractivity contribution is 7.91. The molecule has 0 aromatic heterocycles. The molecule has 1 aliphatic heterocycles. The molecule has 3 heteroatoms. The van der Waals surface area contributed by atoms with E-state index in [-0.39, 0.29) is 0 Å². The lowest BCUT2D eigenvalue weighted by atomic mass is 9.82. The smallest absolute Gasteiger partial charge is 0.150 e. The van der Waals surface area contributed by atoms with E-state index in [2.05, 4.69) is 0 Å². The summed E-state index contributed by atoms with van der Waals surface area (Å²) in [4.78, 5) is 0. The maximum Gasteiger partial charge on any atom is 0.150 e. The van der Waals surface area contributed by atoms with Crippen molar-refractivity contribution < 1.29 is 8.42 Å². The van der Waals surface area contributed by atoms with E-state index >= 15 is 0 Å². The zero-order valence-corrected chi connectivity index (χ0v) is 7.44. The Bertz CT molecular complexity index is 223. The van der Waals surface area contributed by atoms with Crippen molar-refractivity contribution in [2.75, 3.05) is 11.5 Å². The molecule has 0 unspecified atom stereocenters. The third kappa shape index (κ3) is 1.43. The van der Waals surface area contributed by atoms with E-state index in [4.69, 9.17) is 0 Å². The Balaban J connectivity index is 2.15. The van der Waals surface area contributed by atoms with Crippen LogP contribution in [0.4, 0.5) is 0 Å². The zero-order chi connectivity index (χ0) is 7.90. The highest BCUT2D eigenvalue weighted by Gasteiger charge is 2.38. The zero-order valence-electron chi connectivity index (χ0n) is 6.62. The summed E-state index contributed by atoms with van der Waals surface area (Å²) in [5.41, 5.74) is 0. The van der Waals surface area contributed by atoms with Gasteiger partial charge < -0.3 is 0 Å². The third-order valence-electron chi connectivity index (χ3n) is 3.00. The number of rotatable bonds is 0. The predicted molar refractivity (Wildman–Crippen MR) is 44.1 cm³/mol. The molecule has 0 aromatic carbocycles. The summed E-state index contributed by atoms with van der Waals surface area (Å²) in [7, 11) is -2.63. The molecule has 2 rings (SSSR count). The SMILES string of the molecule is O=S1(=O)C[C@H]2CCCC[C@H]2C1. The molecule has 0 spiro atoms. The summed E-state index contributed by atoms with van der Waals surface area (Å²) < 4.78 is 22.4. The average Bonchev–Trinajstić information content (AvgIpc) is 2.21. The van der Waals surface area contributed by atoms with Crippen molar-refractivity contribution in [2.24, 2.45) is 11.8 Å².